The van der Waals surface area contributed by atoms with Crippen molar-refractivity contribution in [2.75, 3.05) is 18.0 Å². The van der Waals surface area contributed by atoms with Crippen molar-refractivity contribution in [3.63, 3.8) is 0 Å². The fraction of sp³-hybridized carbons (Fsp3) is 0.600. The van der Waals surface area contributed by atoms with Crippen LogP contribution in [-0.2, 0) is 12.8 Å². The smallest absolute Gasteiger partial charge is 0.393 e. The van der Waals surface area contributed by atoms with Crippen molar-refractivity contribution in [3.05, 3.63) is 29.3 Å². The summed E-state index contributed by atoms with van der Waals surface area (Å²) in [6.45, 7) is 0.615. The normalized spacial score (nSPS) is 29.0. The van der Waals surface area contributed by atoms with E-state index < -0.39 is 24.5 Å². The van der Waals surface area contributed by atoms with Crippen molar-refractivity contribution < 1.29 is 23.4 Å². The number of halogens is 3. The second-order valence-corrected chi connectivity index (χ2v) is 5.98. The zero-order valence-corrected chi connectivity index (χ0v) is 11.5. The molecule has 2 fully saturated rings. The minimum absolute atomic E-state index is 0.0728. The van der Waals surface area contributed by atoms with Crippen LogP contribution in [0.3, 0.4) is 0 Å². The third-order valence-electron chi connectivity index (χ3n) is 4.71. The molecule has 0 radical (unpaired) electrons. The summed E-state index contributed by atoms with van der Waals surface area (Å²) >= 11 is 0. The first-order chi connectivity index (χ1) is 9.90. The summed E-state index contributed by atoms with van der Waals surface area (Å²) in [5.41, 5.74) is -0.296. The van der Waals surface area contributed by atoms with Gasteiger partial charge >= 0.3 is 6.18 Å². The highest BCUT2D eigenvalue weighted by Gasteiger charge is 2.44. The summed E-state index contributed by atoms with van der Waals surface area (Å²) in [6, 6.07) is 3.97. The molecule has 0 aromatic heterocycles. The number of alkyl halides is 3. The lowest BCUT2D eigenvalue weighted by molar-refractivity contribution is -0.137. The molecule has 3 rings (SSSR count). The molecule has 1 aliphatic heterocycles. The standard InChI is InChI=1S/C15H18F3NO2/c16-15(17,18)12-5-9(8-20)1-3-13(12)19-6-10-2-4-14(21)11(10)7-19/h1,3,5,10-11,14,20-21H,2,4,6-8H2. The largest absolute Gasteiger partial charge is 0.418 e. The van der Waals surface area contributed by atoms with Crippen LogP contribution in [0.15, 0.2) is 18.2 Å². The summed E-state index contributed by atoms with van der Waals surface area (Å²) < 4.78 is 39.7. The molecule has 6 heteroatoms. The van der Waals surface area contributed by atoms with Gasteiger partial charge in [0.15, 0.2) is 0 Å². The number of aliphatic hydroxyl groups excluding tert-OH is 2. The Morgan fingerprint density at radius 1 is 1.19 bits per heavy atom. The average molecular weight is 301 g/mol. The molecule has 2 N–H and O–H groups in total. The molecule has 3 nitrogen and oxygen atoms in total. The molecule has 2 aliphatic rings. The lowest BCUT2D eigenvalue weighted by Crippen LogP contribution is -2.26. The van der Waals surface area contributed by atoms with E-state index in [2.05, 4.69) is 0 Å². The Kier molecular flexibility index (Phi) is 3.61. The number of fused-ring (bicyclic) bond motifs is 1. The van der Waals surface area contributed by atoms with Crippen molar-refractivity contribution in [1.82, 2.24) is 0 Å². The number of benzene rings is 1. The molecule has 0 amide bonds. The van der Waals surface area contributed by atoms with Gasteiger partial charge in [-0.2, -0.15) is 13.2 Å². The Bertz CT molecular complexity index is 532. The van der Waals surface area contributed by atoms with Gasteiger partial charge in [0.25, 0.3) is 0 Å². The molecule has 1 aromatic rings. The van der Waals surface area contributed by atoms with E-state index >= 15 is 0 Å². The van der Waals surface area contributed by atoms with Crippen LogP contribution in [0.5, 0.6) is 0 Å². The SMILES string of the molecule is OCc1ccc(N2CC3CCC(O)C3C2)c(C(F)(F)F)c1. The molecular weight excluding hydrogens is 283 g/mol. The molecule has 116 valence electrons. The summed E-state index contributed by atoms with van der Waals surface area (Å²) in [7, 11) is 0. The molecule has 1 heterocycles. The molecule has 0 bridgehead atoms. The predicted molar refractivity (Wildman–Crippen MR) is 71.8 cm³/mol. The summed E-state index contributed by atoms with van der Waals surface area (Å²) in [5, 5.41) is 18.9. The third kappa shape index (κ3) is 2.62. The van der Waals surface area contributed by atoms with E-state index in [0.29, 0.717) is 13.1 Å². The van der Waals surface area contributed by atoms with E-state index in [1.54, 1.807) is 4.90 Å². The first kappa shape index (κ1) is 14.7. The monoisotopic (exact) mass is 301 g/mol. The maximum absolute atomic E-state index is 13.2. The first-order valence-electron chi connectivity index (χ1n) is 7.14. The van der Waals surface area contributed by atoms with Crippen molar-refractivity contribution in [2.45, 2.75) is 31.7 Å². The van der Waals surface area contributed by atoms with Gasteiger partial charge in [-0.1, -0.05) is 6.07 Å². The van der Waals surface area contributed by atoms with E-state index in [1.165, 1.54) is 12.1 Å². The predicted octanol–water partition coefficient (Wildman–Crippen LogP) is 2.40. The number of aliphatic hydroxyl groups is 2. The van der Waals surface area contributed by atoms with Gasteiger partial charge in [0.2, 0.25) is 0 Å². The van der Waals surface area contributed by atoms with Crippen LogP contribution in [0.4, 0.5) is 18.9 Å². The maximum atomic E-state index is 13.2. The summed E-state index contributed by atoms with van der Waals surface area (Å²) in [6.07, 6.45) is -3.22. The van der Waals surface area contributed by atoms with Crippen LogP contribution in [0.2, 0.25) is 0 Å². The second-order valence-electron chi connectivity index (χ2n) is 5.98. The van der Waals surface area contributed by atoms with E-state index in [4.69, 9.17) is 5.11 Å². The number of nitrogens with zero attached hydrogens (tertiary/aromatic N) is 1. The highest BCUT2D eigenvalue weighted by atomic mass is 19.4. The van der Waals surface area contributed by atoms with Crippen molar-refractivity contribution in [1.29, 1.82) is 0 Å². The third-order valence-corrected chi connectivity index (χ3v) is 4.71. The number of rotatable bonds is 2. The van der Waals surface area contributed by atoms with Gasteiger partial charge in [0, 0.05) is 24.7 Å². The van der Waals surface area contributed by atoms with Crippen molar-refractivity contribution >= 4 is 5.69 Å². The molecule has 1 saturated heterocycles. The topological polar surface area (TPSA) is 43.7 Å². The molecule has 21 heavy (non-hydrogen) atoms. The van der Waals surface area contributed by atoms with Crippen LogP contribution in [0.25, 0.3) is 0 Å². The van der Waals surface area contributed by atoms with Gasteiger partial charge in [0.05, 0.1) is 18.3 Å². The van der Waals surface area contributed by atoms with E-state index in [0.717, 1.165) is 18.9 Å². The Balaban J connectivity index is 1.92. The Morgan fingerprint density at radius 2 is 1.95 bits per heavy atom. The second kappa shape index (κ2) is 5.18. The minimum Gasteiger partial charge on any atom is -0.393 e. The first-order valence-corrected chi connectivity index (χ1v) is 7.14. The van der Waals surface area contributed by atoms with Crippen LogP contribution in [0.1, 0.15) is 24.0 Å². The van der Waals surface area contributed by atoms with Gasteiger partial charge in [0.1, 0.15) is 0 Å². The van der Waals surface area contributed by atoms with Crippen molar-refractivity contribution in [3.8, 4) is 0 Å². The van der Waals surface area contributed by atoms with Gasteiger partial charge in [-0.15, -0.1) is 0 Å². The zero-order valence-electron chi connectivity index (χ0n) is 11.5. The van der Waals surface area contributed by atoms with Crippen LogP contribution >= 0.6 is 0 Å². The van der Waals surface area contributed by atoms with Gasteiger partial charge in [-0.25, -0.2) is 0 Å². The maximum Gasteiger partial charge on any atom is 0.418 e. The van der Waals surface area contributed by atoms with Gasteiger partial charge < -0.3 is 15.1 Å². The lowest BCUT2D eigenvalue weighted by Gasteiger charge is -2.25. The highest BCUT2D eigenvalue weighted by molar-refractivity contribution is 5.57. The summed E-state index contributed by atoms with van der Waals surface area (Å²) in [4.78, 5) is 1.72. The van der Waals surface area contributed by atoms with Crippen LogP contribution < -0.4 is 4.90 Å². The number of anilines is 1. The zero-order chi connectivity index (χ0) is 15.2. The molecule has 1 aliphatic carbocycles. The fourth-order valence-electron chi connectivity index (χ4n) is 3.62. The number of hydrogen-bond donors (Lipinski definition) is 2. The molecule has 0 spiro atoms. The summed E-state index contributed by atoms with van der Waals surface area (Å²) in [5.74, 6) is 0.349. The lowest BCUT2D eigenvalue weighted by atomic mass is 10.00. The number of hydrogen-bond acceptors (Lipinski definition) is 3. The molecule has 1 aromatic carbocycles. The van der Waals surface area contributed by atoms with Gasteiger partial charge in [-0.3, -0.25) is 0 Å². The van der Waals surface area contributed by atoms with E-state index in [-0.39, 0.29) is 23.1 Å². The quantitative estimate of drug-likeness (QED) is 0.881. The molecule has 1 saturated carbocycles. The Morgan fingerprint density at radius 3 is 2.57 bits per heavy atom. The van der Waals surface area contributed by atoms with E-state index in [1.807, 2.05) is 0 Å². The van der Waals surface area contributed by atoms with Crippen LogP contribution in [0, 0.1) is 11.8 Å². The van der Waals surface area contributed by atoms with E-state index in [9.17, 15) is 18.3 Å². The fourth-order valence-corrected chi connectivity index (χ4v) is 3.62. The molecule has 3 atom stereocenters. The Hall–Kier alpha value is -1.27. The Labute approximate surface area is 121 Å². The highest BCUT2D eigenvalue weighted by Crippen LogP contribution is 2.43. The van der Waals surface area contributed by atoms with Crippen LogP contribution in [-0.4, -0.2) is 29.4 Å². The molecule has 3 unspecified atom stereocenters. The molecular formula is C15H18F3NO2. The average Bonchev–Trinajstić information content (AvgIpc) is 3.00. The van der Waals surface area contributed by atoms with Gasteiger partial charge in [-0.05, 0) is 36.5 Å². The minimum atomic E-state index is -4.45. The van der Waals surface area contributed by atoms with Crippen molar-refractivity contribution in [2.24, 2.45) is 11.8 Å².